The van der Waals surface area contributed by atoms with Crippen molar-refractivity contribution in [3.05, 3.63) is 0 Å². The van der Waals surface area contributed by atoms with E-state index in [1.165, 1.54) is 6.29 Å². The summed E-state index contributed by atoms with van der Waals surface area (Å²) in [5.74, 6) is -2.88. The number of hydrogen-bond acceptors (Lipinski definition) is 5. The van der Waals surface area contributed by atoms with Gasteiger partial charge in [-0.1, -0.05) is 0 Å². The number of aliphatic carboxylic acids is 2. The van der Waals surface area contributed by atoms with Gasteiger partial charge in [0.05, 0.1) is 12.1 Å². The van der Waals surface area contributed by atoms with Gasteiger partial charge in [0, 0.05) is 12.8 Å². The van der Waals surface area contributed by atoms with Gasteiger partial charge >= 0.3 is 11.9 Å². The second-order valence-corrected chi connectivity index (χ2v) is 3.65. The van der Waals surface area contributed by atoms with E-state index in [-0.39, 0.29) is 25.7 Å². The van der Waals surface area contributed by atoms with Crippen molar-refractivity contribution >= 4 is 24.1 Å². The molecule has 0 unspecified atom stereocenters. The Morgan fingerprint density at radius 2 is 1.61 bits per heavy atom. The number of nitrogens with two attached hydrogens (primary N) is 1. The van der Waals surface area contributed by atoms with Crippen molar-refractivity contribution in [2.75, 3.05) is 0 Å². The molecule has 1 radical (unpaired) electrons. The van der Waals surface area contributed by atoms with E-state index in [0.717, 1.165) is 0 Å². The van der Waals surface area contributed by atoms with Gasteiger partial charge in [-0.05, 0) is 12.8 Å². The predicted molar refractivity (Wildman–Crippen MR) is 59.3 cm³/mol. The Hall–Kier alpha value is -1.96. The van der Waals surface area contributed by atoms with Crippen LogP contribution in [0.15, 0.2) is 0 Å². The highest BCUT2D eigenvalue weighted by Crippen LogP contribution is 1.99. The van der Waals surface area contributed by atoms with Crippen LogP contribution in [0.3, 0.4) is 0 Å². The Morgan fingerprint density at radius 1 is 1.11 bits per heavy atom. The Morgan fingerprint density at radius 3 is 2.06 bits per heavy atom. The molecule has 1 amide bonds. The Balaban J connectivity index is 4.12. The van der Waals surface area contributed by atoms with Crippen molar-refractivity contribution in [2.45, 2.75) is 37.8 Å². The van der Waals surface area contributed by atoms with E-state index in [1.807, 2.05) is 0 Å². The van der Waals surface area contributed by atoms with Crippen LogP contribution in [0.4, 0.5) is 0 Å². The molecule has 2 atom stereocenters. The zero-order chi connectivity index (χ0) is 14.1. The smallest absolute Gasteiger partial charge is 0.303 e. The summed E-state index contributed by atoms with van der Waals surface area (Å²) in [6.45, 7) is 0. The van der Waals surface area contributed by atoms with Crippen LogP contribution in [0.25, 0.3) is 0 Å². The average Bonchev–Trinajstić information content (AvgIpc) is 2.30. The first kappa shape index (κ1) is 16.0. The van der Waals surface area contributed by atoms with Crippen LogP contribution in [0.5, 0.6) is 0 Å². The Labute approximate surface area is 103 Å². The van der Waals surface area contributed by atoms with Crippen molar-refractivity contribution in [3.8, 4) is 0 Å². The molecule has 0 aromatic heterocycles. The molecule has 0 aliphatic heterocycles. The van der Waals surface area contributed by atoms with Crippen LogP contribution in [-0.4, -0.2) is 46.4 Å². The molecule has 0 rings (SSSR count). The molecule has 8 nitrogen and oxygen atoms in total. The minimum absolute atomic E-state index is 0.0638. The van der Waals surface area contributed by atoms with Gasteiger partial charge in [-0.15, -0.1) is 0 Å². The van der Waals surface area contributed by atoms with Crippen LogP contribution < -0.4 is 11.1 Å². The molecule has 0 bridgehead atoms. The topological polar surface area (TPSA) is 147 Å². The number of carboxylic acid groups (broad SMARTS) is 2. The van der Waals surface area contributed by atoms with Crippen molar-refractivity contribution in [2.24, 2.45) is 5.73 Å². The van der Waals surface area contributed by atoms with Crippen LogP contribution in [-0.2, 0) is 19.2 Å². The molecule has 0 fully saturated rings. The van der Waals surface area contributed by atoms with Crippen LogP contribution in [0.1, 0.15) is 25.7 Å². The first-order chi connectivity index (χ1) is 8.36. The lowest BCUT2D eigenvalue weighted by molar-refractivity contribution is -0.138. The van der Waals surface area contributed by atoms with Crippen molar-refractivity contribution in [3.63, 3.8) is 0 Å². The van der Waals surface area contributed by atoms with E-state index in [1.54, 1.807) is 0 Å². The van der Waals surface area contributed by atoms with Crippen LogP contribution in [0, 0.1) is 0 Å². The monoisotopic (exact) mass is 259 g/mol. The minimum atomic E-state index is -1.10. The Kier molecular flexibility index (Phi) is 7.29. The number of carbonyl (C=O) groups is 3. The summed E-state index contributed by atoms with van der Waals surface area (Å²) in [7, 11) is 0. The van der Waals surface area contributed by atoms with Gasteiger partial charge in [0.25, 0.3) is 0 Å². The lowest BCUT2D eigenvalue weighted by Gasteiger charge is -2.14. The van der Waals surface area contributed by atoms with Crippen molar-refractivity contribution in [1.29, 1.82) is 0 Å². The first-order valence-electron chi connectivity index (χ1n) is 5.24. The minimum Gasteiger partial charge on any atom is -0.481 e. The quantitative estimate of drug-likeness (QED) is 0.399. The van der Waals surface area contributed by atoms with Gasteiger partial charge in [-0.2, -0.15) is 0 Å². The largest absolute Gasteiger partial charge is 0.481 e. The summed E-state index contributed by atoms with van der Waals surface area (Å²) >= 11 is 0. The summed E-state index contributed by atoms with van der Waals surface area (Å²) in [6, 6.07) is -2.11. The van der Waals surface area contributed by atoms with Gasteiger partial charge in [-0.25, -0.2) is 0 Å². The van der Waals surface area contributed by atoms with Gasteiger partial charge in [-0.3, -0.25) is 19.2 Å². The zero-order valence-electron chi connectivity index (χ0n) is 9.59. The van der Waals surface area contributed by atoms with Gasteiger partial charge in [0.1, 0.15) is 0 Å². The van der Waals surface area contributed by atoms with Crippen molar-refractivity contribution in [1.82, 2.24) is 5.32 Å². The standard InChI is InChI=1S/C10H15N2O6/c11-7(2-4-9(16)17)10(18)12-6(5-13)1-3-8(14)15/h6-7H,1-4,11H2,(H,12,18)(H,14,15)(H,16,17)/t6-,7-/m0/s1. The molecule has 0 aliphatic carbocycles. The molecule has 101 valence electrons. The summed E-state index contributed by atoms with van der Waals surface area (Å²) in [5, 5.41) is 19.0. The van der Waals surface area contributed by atoms with Crippen molar-refractivity contribution < 1.29 is 29.4 Å². The summed E-state index contributed by atoms with van der Waals surface area (Å²) < 4.78 is 0. The molecular formula is C10H15N2O6. The molecular weight excluding hydrogens is 244 g/mol. The summed E-state index contributed by atoms with van der Waals surface area (Å²) in [6.07, 6.45) is 0.788. The maximum absolute atomic E-state index is 11.4. The van der Waals surface area contributed by atoms with Gasteiger partial charge in [0.15, 0.2) is 0 Å². The number of nitrogens with one attached hydrogen (secondary N) is 1. The third kappa shape index (κ3) is 7.34. The SMILES string of the molecule is N[C@@H](CCC(=O)O)C(=O)N[C@H]([C]=O)CCC(=O)O. The number of amides is 1. The third-order valence-corrected chi connectivity index (χ3v) is 2.11. The first-order valence-corrected chi connectivity index (χ1v) is 5.24. The highest BCUT2D eigenvalue weighted by atomic mass is 16.4. The normalized spacial score (nSPS) is 13.4. The van der Waals surface area contributed by atoms with E-state index < -0.39 is 29.9 Å². The van der Waals surface area contributed by atoms with E-state index in [4.69, 9.17) is 15.9 Å². The molecule has 0 aromatic rings. The third-order valence-electron chi connectivity index (χ3n) is 2.11. The van der Waals surface area contributed by atoms with E-state index in [9.17, 15) is 19.2 Å². The fraction of sp³-hybridized carbons (Fsp3) is 0.600. The molecule has 18 heavy (non-hydrogen) atoms. The van der Waals surface area contributed by atoms with Crippen LogP contribution in [0.2, 0.25) is 0 Å². The number of carboxylic acids is 2. The highest BCUT2D eigenvalue weighted by molar-refractivity contribution is 5.84. The molecule has 0 heterocycles. The van der Waals surface area contributed by atoms with E-state index in [2.05, 4.69) is 5.32 Å². The fourth-order valence-corrected chi connectivity index (χ4v) is 1.12. The van der Waals surface area contributed by atoms with Gasteiger partial charge < -0.3 is 21.3 Å². The van der Waals surface area contributed by atoms with Gasteiger partial charge in [0.2, 0.25) is 12.2 Å². The molecule has 0 aromatic carbocycles. The molecule has 0 aliphatic rings. The van der Waals surface area contributed by atoms with E-state index in [0.29, 0.717) is 0 Å². The molecule has 8 heteroatoms. The predicted octanol–water partition coefficient (Wildman–Crippen LogP) is -1.36. The molecule has 0 saturated heterocycles. The maximum atomic E-state index is 11.4. The lowest BCUT2D eigenvalue weighted by atomic mass is 10.1. The number of carbonyl (C=O) groups excluding carboxylic acids is 2. The Bertz CT molecular complexity index is 330. The average molecular weight is 259 g/mol. The lowest BCUT2D eigenvalue weighted by Crippen LogP contribution is -2.46. The zero-order valence-corrected chi connectivity index (χ0v) is 9.59. The molecule has 5 N–H and O–H groups in total. The fourth-order valence-electron chi connectivity index (χ4n) is 1.12. The summed E-state index contributed by atoms with van der Waals surface area (Å²) in [5.41, 5.74) is 5.40. The second kappa shape index (κ2) is 8.18. The van der Waals surface area contributed by atoms with E-state index >= 15 is 0 Å². The molecule has 0 spiro atoms. The summed E-state index contributed by atoms with van der Waals surface area (Å²) in [4.78, 5) is 42.4. The maximum Gasteiger partial charge on any atom is 0.303 e. The number of hydrogen-bond donors (Lipinski definition) is 4. The highest BCUT2D eigenvalue weighted by Gasteiger charge is 2.19. The number of rotatable bonds is 9. The van der Waals surface area contributed by atoms with Crippen LogP contribution >= 0.6 is 0 Å². The second-order valence-electron chi connectivity index (χ2n) is 3.65. The molecule has 0 saturated carbocycles.